The van der Waals surface area contributed by atoms with Crippen LogP contribution in [0.25, 0.3) is 0 Å². The first-order valence-corrected chi connectivity index (χ1v) is 7.79. The second-order valence-corrected chi connectivity index (χ2v) is 5.07. The van der Waals surface area contributed by atoms with Gasteiger partial charge >= 0.3 is 0 Å². The quantitative estimate of drug-likeness (QED) is 0.651. The minimum Gasteiger partial charge on any atom is -0.493 e. The Bertz CT molecular complexity index is 711. The highest BCUT2D eigenvalue weighted by molar-refractivity contribution is 6.03. The van der Waals surface area contributed by atoms with Crippen molar-refractivity contribution in [1.29, 1.82) is 0 Å². The lowest BCUT2D eigenvalue weighted by atomic mass is 10.2. The highest BCUT2D eigenvalue weighted by Crippen LogP contribution is 2.39. The van der Waals surface area contributed by atoms with Crippen molar-refractivity contribution in [3.63, 3.8) is 0 Å². The number of hydrogen-bond acceptors (Lipinski definition) is 8. The van der Waals surface area contributed by atoms with Crippen LogP contribution in [0.15, 0.2) is 24.5 Å². The molecule has 1 heterocycles. The Morgan fingerprint density at radius 3 is 2.19 bits per heavy atom. The molecule has 0 bridgehead atoms. The Kier molecular flexibility index (Phi) is 6.98. The van der Waals surface area contributed by atoms with Crippen LogP contribution in [0.5, 0.6) is 17.2 Å². The monoisotopic (exact) mass is 362 g/mol. The second kappa shape index (κ2) is 9.42. The van der Waals surface area contributed by atoms with Gasteiger partial charge in [0.05, 0.1) is 40.3 Å². The number of nitrogens with one attached hydrogen (secondary N) is 2. The maximum absolute atomic E-state index is 12.4. The van der Waals surface area contributed by atoms with Gasteiger partial charge in [-0.15, -0.1) is 0 Å². The number of carbonyl (C=O) groups is 1. The van der Waals surface area contributed by atoms with Crippen LogP contribution in [0.4, 0.5) is 11.5 Å². The molecular weight excluding hydrogens is 340 g/mol. The summed E-state index contributed by atoms with van der Waals surface area (Å²) in [5, 5.41) is 5.76. The van der Waals surface area contributed by atoms with Crippen molar-refractivity contribution in [2.24, 2.45) is 0 Å². The Labute approximate surface area is 151 Å². The fourth-order valence-corrected chi connectivity index (χ4v) is 2.17. The predicted octanol–water partition coefficient (Wildman–Crippen LogP) is 1.81. The highest BCUT2D eigenvalue weighted by atomic mass is 16.5. The Balaban J connectivity index is 2.11. The average molecular weight is 362 g/mol. The summed E-state index contributed by atoms with van der Waals surface area (Å²) in [7, 11) is 6.13. The molecule has 0 aliphatic heterocycles. The molecule has 1 amide bonds. The Hall–Kier alpha value is -3.07. The number of aromatic nitrogens is 2. The molecule has 0 fully saturated rings. The molecule has 0 aliphatic rings. The lowest BCUT2D eigenvalue weighted by Crippen LogP contribution is -2.15. The van der Waals surface area contributed by atoms with E-state index in [2.05, 4.69) is 20.6 Å². The number of rotatable bonds is 9. The molecule has 0 saturated carbocycles. The SMILES string of the molecule is COCCNc1cnc(C(=O)Nc2cc(OC)c(OC)c(OC)c2)cn1. The predicted molar refractivity (Wildman–Crippen MR) is 96.4 cm³/mol. The minimum atomic E-state index is -0.407. The van der Waals surface area contributed by atoms with Gasteiger partial charge in [0.1, 0.15) is 11.5 Å². The molecule has 1 aromatic heterocycles. The largest absolute Gasteiger partial charge is 0.493 e. The van der Waals surface area contributed by atoms with Crippen LogP contribution in [-0.4, -0.2) is 57.5 Å². The topological polar surface area (TPSA) is 104 Å². The zero-order valence-corrected chi connectivity index (χ0v) is 15.2. The third-order valence-electron chi connectivity index (χ3n) is 3.42. The molecule has 140 valence electrons. The summed E-state index contributed by atoms with van der Waals surface area (Å²) < 4.78 is 20.7. The van der Waals surface area contributed by atoms with E-state index in [0.717, 1.165) is 0 Å². The van der Waals surface area contributed by atoms with E-state index in [1.54, 1.807) is 19.2 Å². The van der Waals surface area contributed by atoms with Crippen molar-refractivity contribution in [1.82, 2.24) is 9.97 Å². The van der Waals surface area contributed by atoms with Crippen molar-refractivity contribution in [2.75, 3.05) is 52.2 Å². The molecule has 1 aromatic carbocycles. The number of benzene rings is 1. The van der Waals surface area contributed by atoms with Gasteiger partial charge in [-0.05, 0) is 0 Å². The number of ether oxygens (including phenoxy) is 4. The molecule has 0 aliphatic carbocycles. The molecule has 0 saturated heterocycles. The van der Waals surface area contributed by atoms with Crippen molar-refractivity contribution >= 4 is 17.4 Å². The molecule has 9 heteroatoms. The highest BCUT2D eigenvalue weighted by Gasteiger charge is 2.15. The standard InChI is InChI=1S/C17H22N4O5/c1-23-6-5-18-15-10-19-12(9-20-15)17(22)21-11-7-13(24-2)16(26-4)14(8-11)25-3/h7-10H,5-6H2,1-4H3,(H,18,20)(H,21,22). The molecule has 2 N–H and O–H groups in total. The van der Waals surface area contributed by atoms with Crippen LogP contribution in [0, 0.1) is 0 Å². The Morgan fingerprint density at radius 1 is 1.00 bits per heavy atom. The van der Waals surface area contributed by atoms with Crippen LogP contribution in [0.3, 0.4) is 0 Å². The maximum Gasteiger partial charge on any atom is 0.275 e. The minimum absolute atomic E-state index is 0.177. The van der Waals surface area contributed by atoms with E-state index in [1.807, 2.05) is 0 Å². The van der Waals surface area contributed by atoms with Gasteiger partial charge in [0, 0.05) is 31.5 Å². The number of anilines is 2. The van der Waals surface area contributed by atoms with Crippen molar-refractivity contribution in [2.45, 2.75) is 0 Å². The van der Waals surface area contributed by atoms with E-state index in [4.69, 9.17) is 18.9 Å². The zero-order chi connectivity index (χ0) is 18.9. The van der Waals surface area contributed by atoms with Gasteiger partial charge in [0.15, 0.2) is 11.5 Å². The summed E-state index contributed by atoms with van der Waals surface area (Å²) in [4.78, 5) is 20.6. The zero-order valence-electron chi connectivity index (χ0n) is 15.2. The molecule has 0 spiro atoms. The van der Waals surface area contributed by atoms with Gasteiger partial charge in [0.25, 0.3) is 5.91 Å². The summed E-state index contributed by atoms with van der Waals surface area (Å²) in [6, 6.07) is 3.26. The molecule has 9 nitrogen and oxygen atoms in total. The molecule has 0 radical (unpaired) electrons. The first kappa shape index (κ1) is 19.3. The molecule has 0 unspecified atom stereocenters. The molecule has 2 aromatic rings. The fraction of sp³-hybridized carbons (Fsp3) is 0.353. The van der Waals surface area contributed by atoms with E-state index in [9.17, 15) is 4.79 Å². The van der Waals surface area contributed by atoms with Crippen LogP contribution >= 0.6 is 0 Å². The van der Waals surface area contributed by atoms with E-state index >= 15 is 0 Å². The number of carbonyl (C=O) groups excluding carboxylic acids is 1. The van der Waals surface area contributed by atoms with Gasteiger partial charge in [0.2, 0.25) is 5.75 Å². The van der Waals surface area contributed by atoms with Gasteiger partial charge in [-0.25, -0.2) is 9.97 Å². The first-order valence-electron chi connectivity index (χ1n) is 7.79. The van der Waals surface area contributed by atoms with Gasteiger partial charge in [-0.1, -0.05) is 0 Å². The van der Waals surface area contributed by atoms with Gasteiger partial charge < -0.3 is 29.6 Å². The molecule has 0 atom stereocenters. The fourth-order valence-electron chi connectivity index (χ4n) is 2.17. The van der Waals surface area contributed by atoms with E-state index in [-0.39, 0.29) is 5.69 Å². The lowest BCUT2D eigenvalue weighted by Gasteiger charge is -2.14. The summed E-state index contributed by atoms with van der Waals surface area (Å²) in [5.41, 5.74) is 0.657. The van der Waals surface area contributed by atoms with Crippen LogP contribution in [-0.2, 0) is 4.74 Å². The molecular formula is C17H22N4O5. The van der Waals surface area contributed by atoms with Crippen molar-refractivity contribution in [3.05, 3.63) is 30.2 Å². The summed E-state index contributed by atoms with van der Waals surface area (Å²) >= 11 is 0. The lowest BCUT2D eigenvalue weighted by molar-refractivity contribution is 0.102. The van der Waals surface area contributed by atoms with Crippen LogP contribution in [0.2, 0.25) is 0 Å². The molecule has 2 rings (SSSR count). The van der Waals surface area contributed by atoms with E-state index < -0.39 is 5.91 Å². The van der Waals surface area contributed by atoms with E-state index in [0.29, 0.717) is 41.9 Å². The number of amides is 1. The van der Waals surface area contributed by atoms with Crippen molar-refractivity contribution in [3.8, 4) is 17.2 Å². The second-order valence-electron chi connectivity index (χ2n) is 5.07. The number of nitrogens with zero attached hydrogens (tertiary/aromatic N) is 2. The summed E-state index contributed by atoms with van der Waals surface area (Å²) in [5.74, 6) is 1.47. The van der Waals surface area contributed by atoms with Crippen molar-refractivity contribution < 1.29 is 23.7 Å². The third-order valence-corrected chi connectivity index (χ3v) is 3.42. The third kappa shape index (κ3) is 4.73. The summed E-state index contributed by atoms with van der Waals surface area (Å²) in [6.07, 6.45) is 2.88. The smallest absolute Gasteiger partial charge is 0.275 e. The number of methoxy groups -OCH3 is 4. The van der Waals surface area contributed by atoms with Gasteiger partial charge in [-0.2, -0.15) is 0 Å². The van der Waals surface area contributed by atoms with Gasteiger partial charge in [-0.3, -0.25) is 4.79 Å². The Morgan fingerprint density at radius 2 is 1.69 bits per heavy atom. The maximum atomic E-state index is 12.4. The van der Waals surface area contributed by atoms with Crippen LogP contribution in [0.1, 0.15) is 10.5 Å². The number of hydrogen-bond donors (Lipinski definition) is 2. The van der Waals surface area contributed by atoms with E-state index in [1.165, 1.54) is 33.7 Å². The average Bonchev–Trinajstić information content (AvgIpc) is 2.67. The van der Waals surface area contributed by atoms with Crippen LogP contribution < -0.4 is 24.8 Å². The first-order chi connectivity index (χ1) is 12.6. The molecule has 26 heavy (non-hydrogen) atoms. The normalized spacial score (nSPS) is 10.2. The summed E-state index contributed by atoms with van der Waals surface area (Å²) in [6.45, 7) is 1.15.